The number of rotatable bonds is 3. The molecule has 0 radical (unpaired) electrons. The Morgan fingerprint density at radius 3 is 2.72 bits per heavy atom. The molecule has 0 aliphatic carbocycles. The highest BCUT2D eigenvalue weighted by Gasteiger charge is 2.26. The van der Waals surface area contributed by atoms with Crippen LogP contribution < -0.4 is 10.1 Å². The number of thiophene rings is 1. The molecule has 1 N–H and O–H groups in total. The number of hydrogen-bond acceptors (Lipinski definition) is 5. The molecular formula is C19H21NO4S. The average molecular weight is 359 g/mol. The summed E-state index contributed by atoms with van der Waals surface area (Å²) in [6, 6.07) is 9.52. The van der Waals surface area contributed by atoms with Crippen LogP contribution in [0.1, 0.15) is 42.9 Å². The predicted molar refractivity (Wildman–Crippen MR) is 96.9 cm³/mol. The van der Waals surface area contributed by atoms with E-state index < -0.39 is 12.1 Å². The lowest BCUT2D eigenvalue weighted by molar-refractivity contribution is -0.130. The number of carbonyl (C=O) groups excluding carboxylic acids is 2. The summed E-state index contributed by atoms with van der Waals surface area (Å²) in [6.07, 6.45) is -0.852. The SMILES string of the molecule is CC(OC(=O)c1cc2c(s1)-c1ccccc1OC2)C(=O)NC(C)(C)C. The molecule has 1 aliphatic heterocycles. The van der Waals surface area contributed by atoms with E-state index in [1.807, 2.05) is 45.0 Å². The largest absolute Gasteiger partial charge is 0.488 e. The van der Waals surface area contributed by atoms with E-state index in [2.05, 4.69) is 5.32 Å². The van der Waals surface area contributed by atoms with E-state index in [0.717, 1.165) is 21.8 Å². The lowest BCUT2D eigenvalue weighted by Gasteiger charge is -2.23. The van der Waals surface area contributed by atoms with Crippen LogP contribution in [0.2, 0.25) is 0 Å². The number of ether oxygens (including phenoxy) is 2. The molecule has 0 saturated carbocycles. The summed E-state index contributed by atoms with van der Waals surface area (Å²) in [5, 5.41) is 2.80. The molecule has 2 heterocycles. The third-order valence-electron chi connectivity index (χ3n) is 3.68. The van der Waals surface area contributed by atoms with Gasteiger partial charge in [-0.2, -0.15) is 0 Å². The van der Waals surface area contributed by atoms with Crippen molar-refractivity contribution < 1.29 is 19.1 Å². The van der Waals surface area contributed by atoms with Crippen molar-refractivity contribution in [3.8, 4) is 16.2 Å². The van der Waals surface area contributed by atoms with Crippen molar-refractivity contribution in [2.45, 2.75) is 45.9 Å². The summed E-state index contributed by atoms with van der Waals surface area (Å²) >= 11 is 1.37. The van der Waals surface area contributed by atoms with Gasteiger partial charge in [0.25, 0.3) is 5.91 Å². The average Bonchev–Trinajstić information content (AvgIpc) is 2.98. The van der Waals surface area contributed by atoms with Gasteiger partial charge in [0.2, 0.25) is 0 Å². The maximum absolute atomic E-state index is 12.4. The zero-order valence-electron chi connectivity index (χ0n) is 14.7. The summed E-state index contributed by atoms with van der Waals surface area (Å²) in [5.41, 5.74) is 1.56. The van der Waals surface area contributed by atoms with E-state index >= 15 is 0 Å². The minimum absolute atomic E-state index is 0.309. The van der Waals surface area contributed by atoms with Gasteiger partial charge in [0, 0.05) is 21.5 Å². The summed E-state index contributed by atoms with van der Waals surface area (Å²) in [5.74, 6) is 0.0129. The quantitative estimate of drug-likeness (QED) is 0.848. The molecular weight excluding hydrogens is 338 g/mol. The second-order valence-electron chi connectivity index (χ2n) is 7.04. The molecule has 1 aromatic heterocycles. The van der Waals surface area contributed by atoms with Crippen molar-refractivity contribution in [1.82, 2.24) is 5.32 Å². The number of benzene rings is 1. The van der Waals surface area contributed by atoms with Gasteiger partial charge in [-0.3, -0.25) is 4.79 Å². The van der Waals surface area contributed by atoms with Crippen LogP contribution in [0, 0.1) is 0 Å². The van der Waals surface area contributed by atoms with Crippen LogP contribution in [0.3, 0.4) is 0 Å². The lowest BCUT2D eigenvalue weighted by Crippen LogP contribution is -2.46. The van der Waals surface area contributed by atoms with E-state index in [4.69, 9.17) is 9.47 Å². The third kappa shape index (κ3) is 3.85. The molecule has 1 amide bonds. The molecule has 0 spiro atoms. The van der Waals surface area contributed by atoms with Crippen molar-refractivity contribution in [1.29, 1.82) is 0 Å². The van der Waals surface area contributed by atoms with Crippen molar-refractivity contribution >= 4 is 23.2 Å². The van der Waals surface area contributed by atoms with Gasteiger partial charge < -0.3 is 14.8 Å². The van der Waals surface area contributed by atoms with Crippen LogP contribution in [0.5, 0.6) is 5.75 Å². The number of carbonyl (C=O) groups is 2. The first-order valence-corrected chi connectivity index (χ1v) is 8.94. The Kier molecular flexibility index (Phi) is 4.56. The first kappa shape index (κ1) is 17.5. The lowest BCUT2D eigenvalue weighted by atomic mass is 10.1. The highest BCUT2D eigenvalue weighted by Crippen LogP contribution is 2.42. The van der Waals surface area contributed by atoms with E-state index in [0.29, 0.717) is 11.5 Å². The topological polar surface area (TPSA) is 64.6 Å². The second kappa shape index (κ2) is 6.52. The molecule has 3 rings (SSSR count). The van der Waals surface area contributed by atoms with Gasteiger partial charge in [-0.15, -0.1) is 11.3 Å². The smallest absolute Gasteiger partial charge is 0.349 e. The fourth-order valence-electron chi connectivity index (χ4n) is 2.54. The van der Waals surface area contributed by atoms with Gasteiger partial charge in [0.1, 0.15) is 17.2 Å². The molecule has 1 aromatic carbocycles. The fourth-order valence-corrected chi connectivity index (χ4v) is 3.62. The van der Waals surface area contributed by atoms with Crippen LogP contribution in [0.25, 0.3) is 10.4 Å². The fraction of sp³-hybridized carbons (Fsp3) is 0.368. The molecule has 0 bridgehead atoms. The maximum atomic E-state index is 12.4. The van der Waals surface area contributed by atoms with Gasteiger partial charge >= 0.3 is 5.97 Å². The van der Waals surface area contributed by atoms with Crippen molar-refractivity contribution in [3.05, 3.63) is 40.8 Å². The monoisotopic (exact) mass is 359 g/mol. The van der Waals surface area contributed by atoms with Crippen LogP contribution in [0.15, 0.2) is 30.3 Å². The Hall–Kier alpha value is -2.34. The van der Waals surface area contributed by atoms with Crippen LogP contribution >= 0.6 is 11.3 Å². The normalized spacial score (nSPS) is 13.9. The van der Waals surface area contributed by atoms with Crippen LogP contribution in [0.4, 0.5) is 0 Å². The molecule has 6 heteroatoms. The molecule has 1 aliphatic rings. The van der Waals surface area contributed by atoms with E-state index in [-0.39, 0.29) is 11.4 Å². The number of fused-ring (bicyclic) bond motifs is 3. The number of hydrogen-bond donors (Lipinski definition) is 1. The first-order chi connectivity index (χ1) is 11.7. The molecule has 1 atom stereocenters. The minimum Gasteiger partial charge on any atom is -0.488 e. The molecule has 25 heavy (non-hydrogen) atoms. The zero-order chi connectivity index (χ0) is 18.2. The predicted octanol–water partition coefficient (Wildman–Crippen LogP) is 3.77. The molecule has 2 aromatic rings. The first-order valence-electron chi connectivity index (χ1n) is 8.12. The highest BCUT2D eigenvalue weighted by atomic mass is 32.1. The minimum atomic E-state index is -0.852. The summed E-state index contributed by atoms with van der Waals surface area (Å²) in [7, 11) is 0. The Balaban J connectivity index is 1.75. The summed E-state index contributed by atoms with van der Waals surface area (Å²) < 4.78 is 11.0. The number of esters is 1. The number of nitrogens with one attached hydrogen (secondary N) is 1. The molecule has 1 unspecified atom stereocenters. The van der Waals surface area contributed by atoms with Crippen LogP contribution in [-0.4, -0.2) is 23.5 Å². The molecule has 0 fully saturated rings. The zero-order valence-corrected chi connectivity index (χ0v) is 15.5. The van der Waals surface area contributed by atoms with Gasteiger partial charge in [-0.05, 0) is 45.9 Å². The Labute approximate surface area is 151 Å². The standard InChI is InChI=1S/C19H21NO4S/c1-11(17(21)20-19(2,3)4)24-18(22)15-9-12-10-23-14-8-6-5-7-13(14)16(12)25-15/h5-9,11H,10H2,1-4H3,(H,20,21). The van der Waals surface area contributed by atoms with Gasteiger partial charge in [-0.25, -0.2) is 4.79 Å². The van der Waals surface area contributed by atoms with Gasteiger partial charge in [0.15, 0.2) is 6.10 Å². The Bertz CT molecular complexity index is 819. The van der Waals surface area contributed by atoms with Crippen molar-refractivity contribution in [3.63, 3.8) is 0 Å². The summed E-state index contributed by atoms with van der Waals surface area (Å²) in [4.78, 5) is 26.0. The summed E-state index contributed by atoms with van der Waals surface area (Å²) in [6.45, 7) is 7.64. The van der Waals surface area contributed by atoms with E-state index in [9.17, 15) is 9.59 Å². The molecule has 0 saturated heterocycles. The number of para-hydroxylation sites is 1. The third-order valence-corrected chi connectivity index (χ3v) is 4.87. The van der Waals surface area contributed by atoms with Gasteiger partial charge in [0.05, 0.1) is 0 Å². The second-order valence-corrected chi connectivity index (χ2v) is 8.09. The maximum Gasteiger partial charge on any atom is 0.349 e. The van der Waals surface area contributed by atoms with E-state index in [1.165, 1.54) is 11.3 Å². The number of amides is 1. The van der Waals surface area contributed by atoms with Crippen LogP contribution in [-0.2, 0) is 16.1 Å². The van der Waals surface area contributed by atoms with Crippen molar-refractivity contribution in [2.75, 3.05) is 0 Å². The highest BCUT2D eigenvalue weighted by molar-refractivity contribution is 7.17. The Morgan fingerprint density at radius 1 is 1.28 bits per heavy atom. The molecule has 132 valence electrons. The van der Waals surface area contributed by atoms with Crippen molar-refractivity contribution in [2.24, 2.45) is 0 Å². The van der Waals surface area contributed by atoms with E-state index in [1.54, 1.807) is 13.0 Å². The van der Waals surface area contributed by atoms with Gasteiger partial charge in [-0.1, -0.05) is 12.1 Å². The Morgan fingerprint density at radius 2 is 2.00 bits per heavy atom. The molecule has 5 nitrogen and oxygen atoms in total.